The van der Waals surface area contributed by atoms with E-state index in [9.17, 15) is 0 Å². The van der Waals surface area contributed by atoms with Gasteiger partial charge in [0.05, 0.1) is 0 Å². The van der Waals surface area contributed by atoms with E-state index in [1.807, 2.05) is 0 Å². The molecule has 0 spiro atoms. The van der Waals surface area contributed by atoms with Crippen LogP contribution in [-0.2, 0) is 0 Å². The molecule has 45 heavy (non-hydrogen) atoms. The molecule has 1 heterocycles. The molecule has 0 N–H and O–H groups in total. The summed E-state index contributed by atoms with van der Waals surface area (Å²) in [6.45, 7) is 0. The lowest BCUT2D eigenvalue weighted by Crippen LogP contribution is -2.03. The standard InChI is InChI=1S/C44H30O/c1-2-14-34-36(15-3-1)43(37-17-7-6-16-35(37)42(34)29-22-21-27-11-4-5-12-28(27)23-29)40-26-30(24-31-25-39(31)40)32-18-10-19-38-33-13-8-9-20-41(33)45-44(32)38/h2-24,26,31,39H,1,25H2. The first-order valence-corrected chi connectivity index (χ1v) is 16.1. The van der Waals surface area contributed by atoms with E-state index in [1.165, 1.54) is 83.3 Å². The Morgan fingerprint density at radius 1 is 0.600 bits per heavy atom. The summed E-state index contributed by atoms with van der Waals surface area (Å²) in [6.07, 6.45) is 16.5. The first kappa shape index (κ1) is 25.0. The van der Waals surface area contributed by atoms with Crippen molar-refractivity contribution in [3.8, 4) is 11.1 Å². The van der Waals surface area contributed by atoms with Gasteiger partial charge in [0.25, 0.3) is 0 Å². The molecule has 1 heteroatoms. The van der Waals surface area contributed by atoms with Crippen molar-refractivity contribution in [3.05, 3.63) is 156 Å². The Kier molecular flexibility index (Phi) is 5.30. The number of fused-ring (bicyclic) bond motifs is 7. The predicted octanol–water partition coefficient (Wildman–Crippen LogP) is 12.1. The van der Waals surface area contributed by atoms with Crippen molar-refractivity contribution >= 4 is 66.8 Å². The number of hydrogen-bond acceptors (Lipinski definition) is 1. The minimum Gasteiger partial charge on any atom is -0.455 e. The van der Waals surface area contributed by atoms with Crippen molar-refractivity contribution in [2.45, 2.75) is 12.8 Å². The van der Waals surface area contributed by atoms with E-state index in [4.69, 9.17) is 4.42 Å². The lowest BCUT2D eigenvalue weighted by atomic mass is 9.80. The maximum Gasteiger partial charge on any atom is 0.143 e. The smallest absolute Gasteiger partial charge is 0.143 e. The number of rotatable bonds is 3. The van der Waals surface area contributed by atoms with Gasteiger partial charge in [-0.15, -0.1) is 0 Å². The van der Waals surface area contributed by atoms with Crippen LogP contribution in [0, 0.1) is 11.8 Å². The molecule has 2 atom stereocenters. The van der Waals surface area contributed by atoms with Gasteiger partial charge in [0.15, 0.2) is 0 Å². The molecule has 1 nitrogen and oxygen atoms in total. The normalized spacial score (nSPS) is 18.6. The van der Waals surface area contributed by atoms with E-state index < -0.39 is 0 Å². The van der Waals surface area contributed by atoms with Crippen molar-refractivity contribution in [1.82, 2.24) is 0 Å². The molecule has 0 amide bonds. The zero-order valence-corrected chi connectivity index (χ0v) is 24.8. The zero-order valence-electron chi connectivity index (χ0n) is 24.8. The highest BCUT2D eigenvalue weighted by Gasteiger charge is 2.43. The number of furan rings is 1. The van der Waals surface area contributed by atoms with Crippen LogP contribution in [0.15, 0.2) is 138 Å². The van der Waals surface area contributed by atoms with Gasteiger partial charge in [-0.25, -0.2) is 0 Å². The SMILES string of the molecule is C1=Cc2c(c(-c3ccc4ccccc4c3)c3ccccc3c2C2=CC(c3cccc4c3oc3ccccc34)=CC3CC23)C=CC1. The predicted molar refractivity (Wildman–Crippen MR) is 191 cm³/mol. The summed E-state index contributed by atoms with van der Waals surface area (Å²) < 4.78 is 6.51. The Hall–Kier alpha value is -5.40. The minimum absolute atomic E-state index is 0.545. The third-order valence-electron chi connectivity index (χ3n) is 10.1. The Bertz CT molecular complexity index is 2490. The molecule has 3 aliphatic rings. The first-order chi connectivity index (χ1) is 22.3. The van der Waals surface area contributed by atoms with E-state index >= 15 is 0 Å². The molecule has 0 aliphatic heterocycles. The van der Waals surface area contributed by atoms with Gasteiger partial charge >= 0.3 is 0 Å². The molecule has 2 unspecified atom stereocenters. The highest BCUT2D eigenvalue weighted by atomic mass is 16.3. The van der Waals surface area contributed by atoms with Crippen LogP contribution in [0.3, 0.4) is 0 Å². The second kappa shape index (κ2) is 9.55. The van der Waals surface area contributed by atoms with Gasteiger partial charge in [0, 0.05) is 16.3 Å². The molecular weight excluding hydrogens is 544 g/mol. The quantitative estimate of drug-likeness (QED) is 0.205. The lowest BCUT2D eigenvalue weighted by molar-refractivity contribution is 0.667. The largest absolute Gasteiger partial charge is 0.455 e. The summed E-state index contributed by atoms with van der Waals surface area (Å²) in [5.41, 5.74) is 12.5. The van der Waals surface area contributed by atoms with Gasteiger partial charge in [0.2, 0.25) is 0 Å². The molecule has 1 fully saturated rings. The van der Waals surface area contributed by atoms with E-state index in [-0.39, 0.29) is 0 Å². The van der Waals surface area contributed by atoms with Crippen LogP contribution in [0.2, 0.25) is 0 Å². The average molecular weight is 575 g/mol. The molecule has 0 bridgehead atoms. The fourth-order valence-electron chi connectivity index (χ4n) is 7.95. The van der Waals surface area contributed by atoms with Gasteiger partial charge < -0.3 is 4.42 Å². The Morgan fingerprint density at radius 2 is 1.31 bits per heavy atom. The van der Waals surface area contributed by atoms with Crippen LogP contribution in [0.5, 0.6) is 0 Å². The molecule has 7 aromatic rings. The summed E-state index contributed by atoms with van der Waals surface area (Å²) in [7, 11) is 0. The second-order valence-corrected chi connectivity index (χ2v) is 12.7. The van der Waals surface area contributed by atoms with E-state index in [0.29, 0.717) is 11.8 Å². The van der Waals surface area contributed by atoms with Crippen LogP contribution in [-0.4, -0.2) is 0 Å². The summed E-state index contributed by atoms with van der Waals surface area (Å²) in [5, 5.41) is 7.56. The average Bonchev–Trinajstić information content (AvgIpc) is 3.83. The Morgan fingerprint density at radius 3 is 2.18 bits per heavy atom. The van der Waals surface area contributed by atoms with Crippen LogP contribution in [0.1, 0.15) is 35.1 Å². The van der Waals surface area contributed by atoms with E-state index in [2.05, 4.69) is 146 Å². The maximum absolute atomic E-state index is 6.51. The monoisotopic (exact) mass is 574 g/mol. The highest BCUT2D eigenvalue weighted by molar-refractivity contribution is 6.13. The van der Waals surface area contributed by atoms with Crippen molar-refractivity contribution in [2.75, 3.05) is 0 Å². The van der Waals surface area contributed by atoms with Crippen LogP contribution in [0.4, 0.5) is 0 Å². The van der Waals surface area contributed by atoms with E-state index in [0.717, 1.165) is 17.6 Å². The number of para-hydroxylation sites is 2. The third kappa shape index (κ3) is 3.80. The molecule has 6 aromatic carbocycles. The van der Waals surface area contributed by atoms with Crippen molar-refractivity contribution in [1.29, 1.82) is 0 Å². The number of benzene rings is 6. The Balaban J connectivity index is 1.23. The van der Waals surface area contributed by atoms with Gasteiger partial charge in [-0.2, -0.15) is 0 Å². The Labute approximate surface area is 262 Å². The number of allylic oxidation sites excluding steroid dienone is 6. The molecule has 3 aliphatic carbocycles. The van der Waals surface area contributed by atoms with Gasteiger partial charge in [-0.05, 0) is 97.3 Å². The van der Waals surface area contributed by atoms with Gasteiger partial charge in [0.1, 0.15) is 11.2 Å². The summed E-state index contributed by atoms with van der Waals surface area (Å²) in [4.78, 5) is 0. The summed E-state index contributed by atoms with van der Waals surface area (Å²) in [5.74, 6) is 1.10. The molecule has 0 radical (unpaired) electrons. The fraction of sp³-hybridized carbons (Fsp3) is 0.0909. The van der Waals surface area contributed by atoms with E-state index in [1.54, 1.807) is 0 Å². The topological polar surface area (TPSA) is 13.1 Å². The second-order valence-electron chi connectivity index (χ2n) is 12.7. The van der Waals surface area contributed by atoms with Crippen molar-refractivity contribution in [3.63, 3.8) is 0 Å². The maximum atomic E-state index is 6.51. The third-order valence-corrected chi connectivity index (χ3v) is 10.1. The highest BCUT2D eigenvalue weighted by Crippen LogP contribution is 2.57. The molecule has 10 rings (SSSR count). The first-order valence-electron chi connectivity index (χ1n) is 16.1. The van der Waals surface area contributed by atoms with Crippen molar-refractivity contribution < 1.29 is 4.42 Å². The summed E-state index contributed by atoms with van der Waals surface area (Å²) in [6, 6.07) is 39.7. The van der Waals surface area contributed by atoms with Crippen LogP contribution < -0.4 is 0 Å². The molecule has 0 saturated heterocycles. The zero-order chi connectivity index (χ0) is 29.5. The van der Waals surface area contributed by atoms with Gasteiger partial charge in [-0.3, -0.25) is 0 Å². The molecular formula is C44H30O. The number of hydrogen-bond donors (Lipinski definition) is 0. The fourth-order valence-corrected chi connectivity index (χ4v) is 7.95. The van der Waals surface area contributed by atoms with Crippen LogP contribution >= 0.6 is 0 Å². The lowest BCUT2D eigenvalue weighted by Gasteiger charge is -2.23. The molecule has 1 aromatic heterocycles. The minimum atomic E-state index is 0.545. The molecule has 1 saturated carbocycles. The summed E-state index contributed by atoms with van der Waals surface area (Å²) >= 11 is 0. The van der Waals surface area contributed by atoms with Crippen LogP contribution in [0.25, 0.3) is 77.9 Å². The molecule has 212 valence electrons. The van der Waals surface area contributed by atoms with Crippen molar-refractivity contribution in [2.24, 2.45) is 11.8 Å². The van der Waals surface area contributed by atoms with Gasteiger partial charge in [-0.1, -0.05) is 134 Å².